The van der Waals surface area contributed by atoms with Crippen LogP contribution in [0.3, 0.4) is 0 Å². The van der Waals surface area contributed by atoms with Gasteiger partial charge in [0.05, 0.1) is 12.8 Å². The Morgan fingerprint density at radius 1 is 1.40 bits per heavy atom. The summed E-state index contributed by atoms with van der Waals surface area (Å²) in [6, 6.07) is 3.03. The molecule has 7 heteroatoms. The molecule has 2 amide bonds. The molecule has 20 heavy (non-hydrogen) atoms. The zero-order valence-electron chi connectivity index (χ0n) is 11.7. The number of aliphatic carboxylic acids is 1. The molecule has 0 spiro atoms. The maximum atomic E-state index is 12.0. The number of carbonyl (C=O) groups is 3. The first-order valence-electron chi connectivity index (χ1n) is 6.16. The molecule has 0 radical (unpaired) electrons. The normalized spacial score (nSPS) is 10.9. The molecule has 0 atom stereocenters. The van der Waals surface area contributed by atoms with E-state index >= 15 is 0 Å². The summed E-state index contributed by atoms with van der Waals surface area (Å²) in [4.78, 5) is 36.0. The van der Waals surface area contributed by atoms with Crippen molar-refractivity contribution in [2.45, 2.75) is 26.3 Å². The van der Waals surface area contributed by atoms with Crippen LogP contribution >= 0.6 is 0 Å². The molecule has 110 valence electrons. The van der Waals surface area contributed by atoms with Gasteiger partial charge in [0, 0.05) is 6.54 Å². The van der Waals surface area contributed by atoms with Crippen molar-refractivity contribution in [1.82, 2.24) is 10.2 Å². The first kappa shape index (κ1) is 15.7. The highest BCUT2D eigenvalue weighted by molar-refractivity contribution is 5.95. The number of carbonyl (C=O) groups excluding carboxylic acids is 2. The zero-order chi connectivity index (χ0) is 15.3. The van der Waals surface area contributed by atoms with Crippen LogP contribution in [-0.4, -0.2) is 46.4 Å². The van der Waals surface area contributed by atoms with Crippen LogP contribution in [0, 0.1) is 0 Å². The van der Waals surface area contributed by atoms with E-state index in [2.05, 4.69) is 5.32 Å². The molecule has 2 N–H and O–H groups in total. The number of likely N-dealkylation sites (N-methyl/N-ethyl adjacent to an activating group) is 1. The van der Waals surface area contributed by atoms with Gasteiger partial charge in [-0.3, -0.25) is 9.59 Å². The molecule has 0 aromatic carbocycles. The van der Waals surface area contributed by atoms with E-state index in [9.17, 15) is 14.4 Å². The SMILES string of the molecule is CCN(C(=O)CNC(=O)c1ccco1)C(C)(C)C(=O)O. The van der Waals surface area contributed by atoms with Crippen molar-refractivity contribution in [1.29, 1.82) is 0 Å². The Kier molecular flexibility index (Phi) is 4.90. The molecule has 1 aromatic heterocycles. The van der Waals surface area contributed by atoms with E-state index in [4.69, 9.17) is 9.52 Å². The summed E-state index contributed by atoms with van der Waals surface area (Å²) in [6.07, 6.45) is 1.35. The third kappa shape index (κ3) is 3.37. The molecule has 1 aromatic rings. The number of nitrogens with zero attached hydrogens (tertiary/aromatic N) is 1. The fraction of sp³-hybridized carbons (Fsp3) is 0.462. The number of hydrogen-bond acceptors (Lipinski definition) is 4. The predicted molar refractivity (Wildman–Crippen MR) is 70.1 cm³/mol. The average molecular weight is 282 g/mol. The van der Waals surface area contributed by atoms with Crippen LogP contribution < -0.4 is 5.32 Å². The van der Waals surface area contributed by atoms with Gasteiger partial charge < -0.3 is 19.7 Å². The van der Waals surface area contributed by atoms with Crippen LogP contribution in [0.5, 0.6) is 0 Å². The summed E-state index contributed by atoms with van der Waals surface area (Å²) in [5.74, 6) is -2.00. The van der Waals surface area contributed by atoms with E-state index in [-0.39, 0.29) is 18.8 Å². The van der Waals surface area contributed by atoms with Crippen molar-refractivity contribution in [3.8, 4) is 0 Å². The highest BCUT2D eigenvalue weighted by atomic mass is 16.4. The number of nitrogens with one attached hydrogen (secondary N) is 1. The highest BCUT2D eigenvalue weighted by Crippen LogP contribution is 2.14. The summed E-state index contributed by atoms with van der Waals surface area (Å²) < 4.78 is 4.89. The predicted octanol–water partition coefficient (Wildman–Crippen LogP) is 0.721. The minimum absolute atomic E-state index is 0.0957. The van der Waals surface area contributed by atoms with Crippen molar-refractivity contribution < 1.29 is 23.9 Å². The van der Waals surface area contributed by atoms with Crippen LogP contribution in [0.15, 0.2) is 22.8 Å². The van der Waals surface area contributed by atoms with Gasteiger partial charge in [0.2, 0.25) is 5.91 Å². The summed E-state index contributed by atoms with van der Waals surface area (Å²) in [6.45, 7) is 4.49. The van der Waals surface area contributed by atoms with Crippen molar-refractivity contribution in [2.24, 2.45) is 0 Å². The number of carboxylic acid groups (broad SMARTS) is 1. The number of carboxylic acids is 1. The van der Waals surface area contributed by atoms with E-state index in [1.54, 1.807) is 13.0 Å². The molecule has 0 aliphatic heterocycles. The molecule has 0 unspecified atom stereocenters. The van der Waals surface area contributed by atoms with Gasteiger partial charge in [-0.25, -0.2) is 4.79 Å². The monoisotopic (exact) mass is 282 g/mol. The van der Waals surface area contributed by atoms with Crippen molar-refractivity contribution in [3.63, 3.8) is 0 Å². The molecule has 0 saturated heterocycles. The molecule has 0 aliphatic carbocycles. The van der Waals surface area contributed by atoms with E-state index in [0.717, 1.165) is 0 Å². The number of rotatable bonds is 6. The Labute approximate surface area is 116 Å². The Bertz CT molecular complexity index is 493. The Morgan fingerprint density at radius 2 is 2.05 bits per heavy atom. The fourth-order valence-electron chi connectivity index (χ4n) is 1.75. The minimum Gasteiger partial charge on any atom is -0.480 e. The highest BCUT2D eigenvalue weighted by Gasteiger charge is 2.36. The van der Waals surface area contributed by atoms with E-state index in [0.29, 0.717) is 0 Å². The molecular formula is C13H18N2O5. The standard InChI is InChI=1S/C13H18N2O5/c1-4-15(13(2,3)12(18)19)10(16)8-14-11(17)9-6-5-7-20-9/h5-7H,4,8H2,1-3H3,(H,14,17)(H,18,19). The summed E-state index contributed by atoms with van der Waals surface area (Å²) >= 11 is 0. The first-order valence-corrected chi connectivity index (χ1v) is 6.16. The average Bonchev–Trinajstić information content (AvgIpc) is 2.90. The van der Waals surface area contributed by atoms with E-state index in [1.165, 1.54) is 31.1 Å². The molecule has 0 aliphatic rings. The lowest BCUT2D eigenvalue weighted by molar-refractivity contribution is -0.156. The van der Waals surface area contributed by atoms with E-state index in [1.807, 2.05) is 0 Å². The van der Waals surface area contributed by atoms with E-state index < -0.39 is 23.3 Å². The number of hydrogen-bond donors (Lipinski definition) is 2. The van der Waals surface area contributed by atoms with Gasteiger partial charge in [0.1, 0.15) is 5.54 Å². The van der Waals surface area contributed by atoms with Crippen molar-refractivity contribution in [3.05, 3.63) is 24.2 Å². The minimum atomic E-state index is -1.33. The van der Waals surface area contributed by atoms with Crippen LogP contribution in [-0.2, 0) is 9.59 Å². The Balaban J connectivity index is 2.65. The van der Waals surface area contributed by atoms with Crippen LogP contribution in [0.25, 0.3) is 0 Å². The second-order valence-corrected chi connectivity index (χ2v) is 4.66. The zero-order valence-corrected chi connectivity index (χ0v) is 11.7. The first-order chi connectivity index (χ1) is 9.30. The lowest BCUT2D eigenvalue weighted by atomic mass is 10.0. The topological polar surface area (TPSA) is 99.9 Å². The molecular weight excluding hydrogens is 264 g/mol. The molecule has 1 heterocycles. The van der Waals surface area contributed by atoms with Crippen molar-refractivity contribution in [2.75, 3.05) is 13.1 Å². The van der Waals surface area contributed by atoms with Gasteiger partial charge in [-0.2, -0.15) is 0 Å². The summed E-state index contributed by atoms with van der Waals surface area (Å²) in [5, 5.41) is 11.5. The lowest BCUT2D eigenvalue weighted by Crippen LogP contribution is -2.55. The van der Waals surface area contributed by atoms with Gasteiger partial charge >= 0.3 is 5.97 Å². The number of furan rings is 1. The smallest absolute Gasteiger partial charge is 0.329 e. The second kappa shape index (κ2) is 6.23. The fourth-order valence-corrected chi connectivity index (χ4v) is 1.75. The lowest BCUT2D eigenvalue weighted by Gasteiger charge is -2.34. The van der Waals surface area contributed by atoms with Crippen LogP contribution in [0.2, 0.25) is 0 Å². The van der Waals surface area contributed by atoms with Gasteiger partial charge in [-0.1, -0.05) is 0 Å². The Hall–Kier alpha value is -2.31. The van der Waals surface area contributed by atoms with Crippen molar-refractivity contribution >= 4 is 17.8 Å². The molecule has 0 bridgehead atoms. The van der Waals surface area contributed by atoms with Gasteiger partial charge in [0.15, 0.2) is 5.76 Å². The quantitative estimate of drug-likeness (QED) is 0.801. The summed E-state index contributed by atoms with van der Waals surface area (Å²) in [7, 11) is 0. The molecule has 1 rings (SSSR count). The third-order valence-corrected chi connectivity index (χ3v) is 2.96. The molecule has 0 fully saturated rings. The Morgan fingerprint density at radius 3 is 2.50 bits per heavy atom. The largest absolute Gasteiger partial charge is 0.480 e. The van der Waals surface area contributed by atoms with Gasteiger partial charge in [-0.05, 0) is 32.9 Å². The maximum absolute atomic E-state index is 12.0. The maximum Gasteiger partial charge on any atom is 0.329 e. The summed E-state index contributed by atoms with van der Waals surface area (Å²) in [5.41, 5.74) is -1.33. The number of amides is 2. The van der Waals surface area contributed by atoms with Crippen LogP contribution in [0.4, 0.5) is 0 Å². The van der Waals surface area contributed by atoms with Gasteiger partial charge in [-0.15, -0.1) is 0 Å². The molecule has 0 saturated carbocycles. The second-order valence-electron chi connectivity index (χ2n) is 4.66. The molecule has 7 nitrogen and oxygen atoms in total. The van der Waals surface area contributed by atoms with Gasteiger partial charge in [0.25, 0.3) is 5.91 Å². The van der Waals surface area contributed by atoms with Crippen LogP contribution in [0.1, 0.15) is 31.3 Å². The third-order valence-electron chi connectivity index (χ3n) is 2.96.